The van der Waals surface area contributed by atoms with Gasteiger partial charge in [-0.2, -0.15) is 0 Å². The van der Waals surface area contributed by atoms with Crippen molar-refractivity contribution in [2.75, 3.05) is 40.9 Å². The van der Waals surface area contributed by atoms with Gasteiger partial charge in [0, 0.05) is 33.2 Å². The standard InChI is InChI=1S/C11H24N2O3/c1-11(15,9-13(2)3)8-12-10(14)6-5-7-16-4/h15H,5-9H2,1-4H3,(H,12,14). The summed E-state index contributed by atoms with van der Waals surface area (Å²) in [7, 11) is 5.38. The predicted molar refractivity (Wildman–Crippen MR) is 63.3 cm³/mol. The number of carbonyl (C=O) groups excluding carboxylic acids is 1. The van der Waals surface area contributed by atoms with Crippen molar-refractivity contribution in [2.24, 2.45) is 0 Å². The second kappa shape index (κ2) is 7.60. The highest BCUT2D eigenvalue weighted by Gasteiger charge is 2.21. The largest absolute Gasteiger partial charge is 0.387 e. The van der Waals surface area contributed by atoms with E-state index in [1.54, 1.807) is 14.0 Å². The molecule has 0 spiro atoms. The average molecular weight is 232 g/mol. The first-order valence-electron chi connectivity index (χ1n) is 5.50. The normalized spacial score (nSPS) is 14.9. The number of hydrogen-bond donors (Lipinski definition) is 2. The molecule has 16 heavy (non-hydrogen) atoms. The third-order valence-electron chi connectivity index (χ3n) is 2.08. The van der Waals surface area contributed by atoms with Crippen LogP contribution in [0.1, 0.15) is 19.8 Å². The molecular weight excluding hydrogens is 208 g/mol. The fourth-order valence-electron chi connectivity index (χ4n) is 1.49. The molecule has 0 aliphatic carbocycles. The summed E-state index contributed by atoms with van der Waals surface area (Å²) >= 11 is 0. The van der Waals surface area contributed by atoms with E-state index in [2.05, 4.69) is 5.32 Å². The first-order valence-corrected chi connectivity index (χ1v) is 5.50. The van der Waals surface area contributed by atoms with Gasteiger partial charge in [0.25, 0.3) is 0 Å². The summed E-state index contributed by atoms with van der Waals surface area (Å²) < 4.78 is 4.85. The van der Waals surface area contributed by atoms with Crippen LogP contribution < -0.4 is 5.32 Å². The zero-order valence-electron chi connectivity index (χ0n) is 10.7. The van der Waals surface area contributed by atoms with Gasteiger partial charge in [0.15, 0.2) is 0 Å². The Kier molecular flexibility index (Phi) is 7.29. The molecule has 0 rings (SSSR count). The Morgan fingerprint density at radius 3 is 2.62 bits per heavy atom. The molecule has 0 fully saturated rings. The molecule has 0 aromatic carbocycles. The highest BCUT2D eigenvalue weighted by molar-refractivity contribution is 5.75. The van der Waals surface area contributed by atoms with Gasteiger partial charge in [-0.15, -0.1) is 0 Å². The number of ether oxygens (including phenoxy) is 1. The Balaban J connectivity index is 3.72. The number of nitrogens with zero attached hydrogens (tertiary/aromatic N) is 1. The molecule has 0 aromatic heterocycles. The maximum Gasteiger partial charge on any atom is 0.220 e. The van der Waals surface area contributed by atoms with Crippen LogP contribution in [0.3, 0.4) is 0 Å². The fraction of sp³-hybridized carbons (Fsp3) is 0.909. The second-order valence-corrected chi connectivity index (χ2v) is 4.61. The predicted octanol–water partition coefficient (Wildman–Crippen LogP) is -0.158. The maximum atomic E-state index is 11.4. The van der Waals surface area contributed by atoms with E-state index in [1.807, 2.05) is 19.0 Å². The molecule has 0 bridgehead atoms. The lowest BCUT2D eigenvalue weighted by molar-refractivity contribution is -0.122. The van der Waals surface area contributed by atoms with E-state index < -0.39 is 5.60 Å². The summed E-state index contributed by atoms with van der Waals surface area (Å²) in [4.78, 5) is 13.2. The van der Waals surface area contributed by atoms with Crippen LogP contribution in [0.15, 0.2) is 0 Å². The summed E-state index contributed by atoms with van der Waals surface area (Å²) in [5.74, 6) is -0.0453. The molecule has 5 nitrogen and oxygen atoms in total. The van der Waals surface area contributed by atoms with Gasteiger partial charge in [0.05, 0.1) is 5.60 Å². The number of rotatable bonds is 8. The molecule has 96 valence electrons. The molecule has 0 aliphatic rings. The Bertz CT molecular complexity index is 205. The Morgan fingerprint density at radius 1 is 1.50 bits per heavy atom. The number of methoxy groups -OCH3 is 1. The molecular formula is C11H24N2O3. The minimum Gasteiger partial charge on any atom is -0.387 e. The summed E-state index contributed by atoms with van der Waals surface area (Å²) in [5, 5.41) is 12.6. The monoisotopic (exact) mass is 232 g/mol. The molecule has 0 saturated heterocycles. The average Bonchev–Trinajstić information content (AvgIpc) is 2.13. The van der Waals surface area contributed by atoms with Crippen LogP contribution in [-0.2, 0) is 9.53 Å². The molecule has 0 saturated carbocycles. The number of carbonyl (C=O) groups is 1. The van der Waals surface area contributed by atoms with E-state index >= 15 is 0 Å². The van der Waals surface area contributed by atoms with Crippen LogP contribution >= 0.6 is 0 Å². The van der Waals surface area contributed by atoms with Crippen LogP contribution in [0.25, 0.3) is 0 Å². The van der Waals surface area contributed by atoms with E-state index in [-0.39, 0.29) is 12.5 Å². The van der Waals surface area contributed by atoms with Gasteiger partial charge >= 0.3 is 0 Å². The zero-order valence-corrected chi connectivity index (χ0v) is 10.7. The van der Waals surface area contributed by atoms with Gasteiger partial charge in [0.1, 0.15) is 0 Å². The van der Waals surface area contributed by atoms with Crippen molar-refractivity contribution in [3.63, 3.8) is 0 Å². The topological polar surface area (TPSA) is 61.8 Å². The Hall–Kier alpha value is -0.650. The molecule has 0 radical (unpaired) electrons. The van der Waals surface area contributed by atoms with Gasteiger partial charge in [-0.3, -0.25) is 4.79 Å². The molecule has 1 atom stereocenters. The van der Waals surface area contributed by atoms with Gasteiger partial charge in [-0.05, 0) is 27.4 Å². The van der Waals surface area contributed by atoms with E-state index in [1.165, 1.54) is 0 Å². The maximum absolute atomic E-state index is 11.4. The number of hydrogen-bond acceptors (Lipinski definition) is 4. The summed E-state index contributed by atoms with van der Waals surface area (Å²) in [5.41, 5.74) is -0.888. The minimum absolute atomic E-state index is 0.0453. The molecule has 1 amide bonds. The first kappa shape index (κ1) is 15.3. The molecule has 0 aromatic rings. The quantitative estimate of drug-likeness (QED) is 0.571. The smallest absolute Gasteiger partial charge is 0.220 e. The summed E-state index contributed by atoms with van der Waals surface area (Å²) in [6.45, 7) is 3.09. The lowest BCUT2D eigenvalue weighted by Crippen LogP contribution is -2.47. The third kappa shape index (κ3) is 8.64. The summed E-state index contributed by atoms with van der Waals surface area (Å²) in [6.07, 6.45) is 1.14. The minimum atomic E-state index is -0.888. The van der Waals surface area contributed by atoms with E-state index in [9.17, 15) is 9.90 Å². The van der Waals surface area contributed by atoms with E-state index in [4.69, 9.17) is 4.74 Å². The van der Waals surface area contributed by atoms with Crippen LogP contribution in [-0.4, -0.2) is 62.4 Å². The highest BCUT2D eigenvalue weighted by Crippen LogP contribution is 2.02. The second-order valence-electron chi connectivity index (χ2n) is 4.61. The lowest BCUT2D eigenvalue weighted by Gasteiger charge is -2.27. The third-order valence-corrected chi connectivity index (χ3v) is 2.08. The van der Waals surface area contributed by atoms with Crippen molar-refractivity contribution < 1.29 is 14.6 Å². The van der Waals surface area contributed by atoms with E-state index in [0.29, 0.717) is 26.0 Å². The van der Waals surface area contributed by atoms with Gasteiger partial charge < -0.3 is 20.1 Å². The summed E-state index contributed by atoms with van der Waals surface area (Å²) in [6, 6.07) is 0. The number of aliphatic hydroxyl groups is 1. The fourth-order valence-corrected chi connectivity index (χ4v) is 1.49. The lowest BCUT2D eigenvalue weighted by atomic mass is 10.1. The van der Waals surface area contributed by atoms with Crippen LogP contribution in [0.5, 0.6) is 0 Å². The SMILES string of the molecule is COCCCC(=O)NCC(C)(O)CN(C)C. The Labute approximate surface area is 97.8 Å². The Morgan fingerprint density at radius 2 is 2.12 bits per heavy atom. The van der Waals surface area contributed by atoms with Crippen molar-refractivity contribution in [2.45, 2.75) is 25.4 Å². The van der Waals surface area contributed by atoms with Gasteiger partial charge in [-0.25, -0.2) is 0 Å². The van der Waals surface area contributed by atoms with Crippen LogP contribution in [0, 0.1) is 0 Å². The molecule has 1 unspecified atom stereocenters. The van der Waals surface area contributed by atoms with Crippen LogP contribution in [0.4, 0.5) is 0 Å². The number of amides is 1. The van der Waals surface area contributed by atoms with Crippen molar-refractivity contribution >= 4 is 5.91 Å². The molecule has 0 aliphatic heterocycles. The molecule has 0 heterocycles. The van der Waals surface area contributed by atoms with Crippen molar-refractivity contribution in [1.29, 1.82) is 0 Å². The van der Waals surface area contributed by atoms with Crippen LogP contribution in [0.2, 0.25) is 0 Å². The number of nitrogens with one attached hydrogen (secondary N) is 1. The van der Waals surface area contributed by atoms with Crippen molar-refractivity contribution in [1.82, 2.24) is 10.2 Å². The first-order chi connectivity index (χ1) is 7.37. The molecule has 2 N–H and O–H groups in total. The number of likely N-dealkylation sites (N-methyl/N-ethyl adjacent to an activating group) is 1. The van der Waals surface area contributed by atoms with Crippen molar-refractivity contribution in [3.05, 3.63) is 0 Å². The zero-order chi connectivity index (χ0) is 12.6. The highest BCUT2D eigenvalue weighted by atomic mass is 16.5. The van der Waals surface area contributed by atoms with E-state index in [0.717, 1.165) is 0 Å². The van der Waals surface area contributed by atoms with Crippen molar-refractivity contribution in [3.8, 4) is 0 Å². The van der Waals surface area contributed by atoms with Gasteiger partial charge in [0.2, 0.25) is 5.91 Å². The molecule has 5 heteroatoms. The van der Waals surface area contributed by atoms with Gasteiger partial charge in [-0.1, -0.05) is 0 Å².